The van der Waals surface area contributed by atoms with Gasteiger partial charge in [0.05, 0.1) is 16.6 Å². The Bertz CT molecular complexity index is 672. The molecule has 9 heteroatoms. The van der Waals surface area contributed by atoms with E-state index >= 15 is 0 Å². The lowest BCUT2D eigenvalue weighted by Gasteiger charge is -2.08. The number of benzene rings is 1. The van der Waals surface area contributed by atoms with E-state index in [9.17, 15) is 28.5 Å². The van der Waals surface area contributed by atoms with Crippen LogP contribution in [0.25, 0.3) is 0 Å². The molecule has 0 atom stereocenters. The predicted octanol–water partition coefficient (Wildman–Crippen LogP) is 2.88. The fourth-order valence-corrected chi connectivity index (χ4v) is 1.63. The number of hydrogen-bond donors (Lipinski definition) is 2. The Kier molecular flexibility index (Phi) is 3.66. The van der Waals surface area contributed by atoms with Gasteiger partial charge in [0, 0.05) is 10.4 Å². The Morgan fingerprint density at radius 3 is 2.33 bits per heavy atom. The average molecular weight is 300 g/mol. The molecule has 0 spiro atoms. The van der Waals surface area contributed by atoms with Crippen molar-refractivity contribution in [3.05, 3.63) is 58.4 Å². The molecule has 0 radical (unpaired) electrons. The highest BCUT2D eigenvalue weighted by molar-refractivity contribution is 5.67. The van der Waals surface area contributed by atoms with Crippen LogP contribution in [-0.2, 0) is 6.18 Å². The smallest absolute Gasteiger partial charge is 0.345 e. The predicted molar refractivity (Wildman–Crippen MR) is 65.2 cm³/mol. The van der Waals surface area contributed by atoms with Gasteiger partial charge in [0.25, 0.3) is 6.20 Å². The van der Waals surface area contributed by atoms with Crippen molar-refractivity contribution in [1.82, 2.24) is 0 Å². The highest BCUT2D eigenvalue weighted by Gasteiger charge is 2.30. The van der Waals surface area contributed by atoms with Gasteiger partial charge in [-0.2, -0.15) is 13.2 Å². The number of anilines is 2. The number of alkyl halides is 3. The molecule has 2 N–H and O–H groups in total. The summed E-state index contributed by atoms with van der Waals surface area (Å²) in [5.41, 5.74) is -0.977. The van der Waals surface area contributed by atoms with E-state index in [0.717, 1.165) is 42.7 Å². The van der Waals surface area contributed by atoms with Gasteiger partial charge < -0.3 is 5.32 Å². The summed E-state index contributed by atoms with van der Waals surface area (Å²) in [5, 5.41) is 22.7. The van der Waals surface area contributed by atoms with E-state index in [1.807, 2.05) is 0 Å². The van der Waals surface area contributed by atoms with E-state index < -0.39 is 16.7 Å². The fourth-order valence-electron chi connectivity index (χ4n) is 1.63. The van der Waals surface area contributed by atoms with Gasteiger partial charge in [0.1, 0.15) is 0 Å². The molecule has 0 aliphatic heterocycles. The second-order valence-electron chi connectivity index (χ2n) is 4.08. The van der Waals surface area contributed by atoms with Crippen LogP contribution in [0.4, 0.5) is 30.2 Å². The van der Waals surface area contributed by atoms with Crippen molar-refractivity contribution in [2.24, 2.45) is 0 Å². The van der Waals surface area contributed by atoms with Crippen molar-refractivity contribution < 1.29 is 28.0 Å². The third-order valence-corrected chi connectivity index (χ3v) is 2.61. The molecule has 1 heterocycles. The van der Waals surface area contributed by atoms with Crippen molar-refractivity contribution in [3.63, 3.8) is 0 Å². The van der Waals surface area contributed by atoms with Crippen LogP contribution < -0.4 is 10.0 Å². The summed E-state index contributed by atoms with van der Waals surface area (Å²) in [6.45, 7) is 0. The van der Waals surface area contributed by atoms with Crippen molar-refractivity contribution >= 4 is 17.1 Å². The van der Waals surface area contributed by atoms with Crippen LogP contribution in [0.5, 0.6) is 0 Å². The van der Waals surface area contributed by atoms with Gasteiger partial charge in [-0.05, 0) is 24.3 Å². The third kappa shape index (κ3) is 3.38. The molecule has 0 fully saturated rings. The lowest BCUT2D eigenvalue weighted by molar-refractivity contribution is -0.904. The normalized spacial score (nSPS) is 11.2. The minimum atomic E-state index is -4.45. The molecule has 21 heavy (non-hydrogen) atoms. The van der Waals surface area contributed by atoms with Crippen molar-refractivity contribution in [2.75, 3.05) is 5.32 Å². The van der Waals surface area contributed by atoms with Crippen LogP contribution in [0.2, 0.25) is 0 Å². The first-order chi connectivity index (χ1) is 9.77. The molecular formula is C12H9F3N3O3+. The molecule has 0 aliphatic rings. The Hall–Kier alpha value is -2.84. The fraction of sp³-hybridized carbons (Fsp3) is 0.0833. The van der Waals surface area contributed by atoms with Crippen LogP contribution >= 0.6 is 0 Å². The van der Waals surface area contributed by atoms with Gasteiger partial charge in [-0.25, -0.2) is 0 Å². The van der Waals surface area contributed by atoms with Crippen LogP contribution in [0, 0.1) is 10.1 Å². The number of nitrogens with one attached hydrogen (secondary N) is 1. The Morgan fingerprint density at radius 1 is 1.19 bits per heavy atom. The Morgan fingerprint density at radius 2 is 1.81 bits per heavy atom. The first-order valence-corrected chi connectivity index (χ1v) is 5.60. The first kappa shape index (κ1) is 14.6. The molecule has 0 unspecified atom stereocenters. The molecule has 110 valence electrons. The number of rotatable bonds is 3. The highest BCUT2D eigenvalue weighted by atomic mass is 19.4. The number of nitro groups is 1. The average Bonchev–Trinajstić information content (AvgIpc) is 2.38. The number of aromatic nitrogens is 1. The van der Waals surface area contributed by atoms with Crippen molar-refractivity contribution in [1.29, 1.82) is 0 Å². The molecule has 1 aromatic heterocycles. The minimum Gasteiger partial charge on any atom is -0.345 e. The molecule has 0 amide bonds. The minimum absolute atomic E-state index is 0.0511. The topological polar surface area (TPSA) is 79.3 Å². The maximum absolute atomic E-state index is 12.4. The van der Waals surface area contributed by atoms with E-state index in [1.165, 1.54) is 0 Å². The van der Waals surface area contributed by atoms with Crippen molar-refractivity contribution in [2.45, 2.75) is 6.18 Å². The van der Waals surface area contributed by atoms with Gasteiger partial charge in [-0.15, -0.1) is 0 Å². The number of nitrogens with zero attached hydrogens (tertiary/aromatic N) is 2. The molecule has 6 nitrogen and oxygen atoms in total. The zero-order valence-electron chi connectivity index (χ0n) is 10.3. The first-order valence-electron chi connectivity index (χ1n) is 5.60. The van der Waals surface area contributed by atoms with Gasteiger partial charge in [-0.1, -0.05) is 0 Å². The van der Waals surface area contributed by atoms with Crippen LogP contribution in [0.1, 0.15) is 5.56 Å². The summed E-state index contributed by atoms with van der Waals surface area (Å²) < 4.78 is 37.9. The lowest BCUT2D eigenvalue weighted by Crippen LogP contribution is -2.29. The maximum atomic E-state index is 12.4. The Labute approximate surface area is 116 Å². The second kappa shape index (κ2) is 5.27. The van der Waals surface area contributed by atoms with Crippen LogP contribution in [0.3, 0.4) is 0 Å². The number of halogens is 3. The third-order valence-electron chi connectivity index (χ3n) is 2.61. The lowest BCUT2D eigenvalue weighted by atomic mass is 10.2. The van der Waals surface area contributed by atoms with E-state index in [-0.39, 0.29) is 17.1 Å². The molecule has 1 aromatic carbocycles. The van der Waals surface area contributed by atoms with Gasteiger partial charge in [0.2, 0.25) is 6.20 Å². The van der Waals surface area contributed by atoms with E-state index in [0.29, 0.717) is 4.73 Å². The monoisotopic (exact) mass is 300 g/mol. The van der Waals surface area contributed by atoms with Gasteiger partial charge in [0.15, 0.2) is 5.69 Å². The van der Waals surface area contributed by atoms with E-state index in [4.69, 9.17) is 0 Å². The second-order valence-corrected chi connectivity index (χ2v) is 4.08. The zero-order valence-corrected chi connectivity index (χ0v) is 10.3. The molecule has 0 bridgehead atoms. The number of hydrogen-bond acceptors (Lipinski definition) is 4. The molecule has 2 rings (SSSR count). The molecule has 2 aromatic rings. The maximum Gasteiger partial charge on any atom is 0.416 e. The number of pyridine rings is 1. The van der Waals surface area contributed by atoms with Gasteiger partial charge >= 0.3 is 11.9 Å². The molecule has 0 aliphatic carbocycles. The van der Waals surface area contributed by atoms with Gasteiger partial charge in [-0.3, -0.25) is 15.3 Å². The van der Waals surface area contributed by atoms with E-state index in [1.54, 1.807) is 0 Å². The summed E-state index contributed by atoms with van der Waals surface area (Å²) in [4.78, 5) is 10.2. The largest absolute Gasteiger partial charge is 0.416 e. The highest BCUT2D eigenvalue weighted by Crippen LogP contribution is 2.31. The summed E-state index contributed by atoms with van der Waals surface area (Å²) in [6, 6.07) is 5.04. The molecule has 0 saturated heterocycles. The van der Waals surface area contributed by atoms with Crippen molar-refractivity contribution in [3.8, 4) is 0 Å². The van der Waals surface area contributed by atoms with Crippen LogP contribution in [0.15, 0.2) is 42.7 Å². The molecular weight excluding hydrogens is 291 g/mol. The summed E-state index contributed by atoms with van der Waals surface area (Å²) in [7, 11) is 0. The Balaban J connectivity index is 2.30. The summed E-state index contributed by atoms with van der Waals surface area (Å²) in [5.74, 6) is 0. The summed E-state index contributed by atoms with van der Waals surface area (Å²) >= 11 is 0. The zero-order chi connectivity index (χ0) is 15.6. The standard InChI is InChI=1S/C12H9F3N3O3/c13-12(14,15)8-1-3-9(4-2-8)16-10-7-17(19)6-5-11(10)18(20)21/h1-7,16,19H/q+1. The quantitative estimate of drug-likeness (QED) is 0.395. The SMILES string of the molecule is O=[N+]([O-])c1cc[n+](O)cc1Nc1ccc(C(F)(F)F)cc1. The molecule has 0 saturated carbocycles. The van der Waals surface area contributed by atoms with E-state index in [2.05, 4.69) is 5.32 Å². The summed E-state index contributed by atoms with van der Waals surface area (Å²) in [6.07, 6.45) is -2.35. The van der Waals surface area contributed by atoms with Crippen LogP contribution in [-0.4, -0.2) is 10.1 Å².